The van der Waals surface area contributed by atoms with Crippen LogP contribution < -0.4 is 4.90 Å². The molecule has 1 unspecified atom stereocenters. The Morgan fingerprint density at radius 1 is 1.45 bits per heavy atom. The van der Waals surface area contributed by atoms with Crippen molar-refractivity contribution in [1.82, 2.24) is 4.90 Å². The zero-order chi connectivity index (χ0) is 14.7. The lowest BCUT2D eigenvalue weighted by molar-refractivity contribution is -0.122. The first-order valence-electron chi connectivity index (χ1n) is 6.69. The summed E-state index contributed by atoms with van der Waals surface area (Å²) in [7, 11) is 1.91. The standard InChI is InChI=1S/C15H18BrN3O/c1-11-10-12(16)4-5-13(11)19-9-3-8-18(2)14(6-7-17)15(19)20/h4-5,10,14H,3,6,8-9H2,1-2H3. The number of hydrogen-bond acceptors (Lipinski definition) is 3. The van der Waals surface area contributed by atoms with E-state index in [2.05, 4.69) is 22.0 Å². The van der Waals surface area contributed by atoms with Crippen molar-refractivity contribution >= 4 is 27.5 Å². The molecular formula is C15H18BrN3O. The Balaban J connectivity index is 2.35. The normalized spacial score (nSPS) is 20.6. The van der Waals surface area contributed by atoms with E-state index in [-0.39, 0.29) is 18.4 Å². The molecule has 106 valence electrons. The number of hydrogen-bond donors (Lipinski definition) is 0. The van der Waals surface area contributed by atoms with Gasteiger partial charge in [0, 0.05) is 23.2 Å². The molecule has 1 aromatic rings. The molecule has 2 rings (SSSR count). The Bertz CT molecular complexity index is 553. The summed E-state index contributed by atoms with van der Waals surface area (Å²) in [6, 6.07) is 7.71. The van der Waals surface area contributed by atoms with Crippen molar-refractivity contribution in [3.05, 3.63) is 28.2 Å². The van der Waals surface area contributed by atoms with Gasteiger partial charge in [0.1, 0.15) is 6.04 Å². The first-order valence-corrected chi connectivity index (χ1v) is 7.48. The maximum absolute atomic E-state index is 12.7. The van der Waals surface area contributed by atoms with Crippen molar-refractivity contribution in [2.45, 2.75) is 25.8 Å². The summed E-state index contributed by atoms with van der Waals surface area (Å²) in [5.74, 6) is 0.0250. The van der Waals surface area contributed by atoms with Crippen molar-refractivity contribution in [2.24, 2.45) is 0 Å². The van der Waals surface area contributed by atoms with E-state index in [1.54, 1.807) is 0 Å². The summed E-state index contributed by atoms with van der Waals surface area (Å²) >= 11 is 3.44. The zero-order valence-corrected chi connectivity index (χ0v) is 13.4. The minimum Gasteiger partial charge on any atom is -0.311 e. The molecule has 20 heavy (non-hydrogen) atoms. The highest BCUT2D eigenvalue weighted by Crippen LogP contribution is 2.26. The quantitative estimate of drug-likeness (QED) is 0.834. The Morgan fingerprint density at radius 2 is 2.20 bits per heavy atom. The molecule has 0 bridgehead atoms. The molecule has 1 fully saturated rings. The van der Waals surface area contributed by atoms with Crippen LogP contribution in [0, 0.1) is 18.3 Å². The third-order valence-electron chi connectivity index (χ3n) is 3.71. The van der Waals surface area contributed by atoms with Gasteiger partial charge in [-0.25, -0.2) is 0 Å². The number of anilines is 1. The Morgan fingerprint density at radius 3 is 2.85 bits per heavy atom. The zero-order valence-electron chi connectivity index (χ0n) is 11.8. The van der Waals surface area contributed by atoms with Crippen LogP contribution in [0.3, 0.4) is 0 Å². The van der Waals surface area contributed by atoms with Gasteiger partial charge in [0.05, 0.1) is 12.5 Å². The fraction of sp³-hybridized carbons (Fsp3) is 0.467. The van der Waals surface area contributed by atoms with E-state index < -0.39 is 0 Å². The van der Waals surface area contributed by atoms with Crippen LogP contribution in [0.5, 0.6) is 0 Å². The van der Waals surface area contributed by atoms with E-state index in [0.717, 1.165) is 28.7 Å². The molecule has 0 saturated carbocycles. The number of carbonyl (C=O) groups is 1. The maximum Gasteiger partial charge on any atom is 0.245 e. The number of carbonyl (C=O) groups excluding carboxylic acids is 1. The van der Waals surface area contributed by atoms with Gasteiger partial charge in [-0.1, -0.05) is 15.9 Å². The first-order chi connectivity index (χ1) is 9.54. The predicted octanol–water partition coefficient (Wildman–Crippen LogP) is 2.71. The molecule has 1 aliphatic heterocycles. The van der Waals surface area contributed by atoms with Crippen LogP contribution in [0.25, 0.3) is 0 Å². The van der Waals surface area contributed by atoms with Gasteiger partial charge in [-0.3, -0.25) is 9.69 Å². The largest absolute Gasteiger partial charge is 0.311 e. The Kier molecular flexibility index (Phi) is 4.79. The van der Waals surface area contributed by atoms with E-state index in [1.165, 1.54) is 0 Å². The van der Waals surface area contributed by atoms with Gasteiger partial charge in [0.25, 0.3) is 0 Å². The topological polar surface area (TPSA) is 47.3 Å². The monoisotopic (exact) mass is 335 g/mol. The second kappa shape index (κ2) is 6.38. The fourth-order valence-corrected chi connectivity index (χ4v) is 3.08. The van der Waals surface area contributed by atoms with Crippen LogP contribution in [-0.2, 0) is 4.79 Å². The van der Waals surface area contributed by atoms with E-state index in [1.807, 2.05) is 42.0 Å². The van der Waals surface area contributed by atoms with E-state index >= 15 is 0 Å². The van der Waals surface area contributed by atoms with Crippen LogP contribution in [0.4, 0.5) is 5.69 Å². The molecule has 1 aromatic carbocycles. The molecule has 4 nitrogen and oxygen atoms in total. The van der Waals surface area contributed by atoms with Gasteiger partial charge < -0.3 is 4.90 Å². The third kappa shape index (κ3) is 3.02. The lowest BCUT2D eigenvalue weighted by Crippen LogP contribution is -2.44. The molecule has 0 radical (unpaired) electrons. The number of likely N-dealkylation sites (N-methyl/N-ethyl adjacent to an activating group) is 1. The highest BCUT2D eigenvalue weighted by atomic mass is 79.9. The first kappa shape index (κ1) is 15.0. The Hall–Kier alpha value is -1.38. The number of amides is 1. The van der Waals surface area contributed by atoms with Gasteiger partial charge in [0.15, 0.2) is 0 Å². The van der Waals surface area contributed by atoms with Gasteiger partial charge in [-0.15, -0.1) is 0 Å². The highest BCUT2D eigenvalue weighted by Gasteiger charge is 2.31. The molecule has 0 aromatic heterocycles. The number of nitriles is 1. The summed E-state index contributed by atoms with van der Waals surface area (Å²) in [4.78, 5) is 16.5. The van der Waals surface area contributed by atoms with Crippen LogP contribution in [0.1, 0.15) is 18.4 Å². The number of nitrogens with zero attached hydrogens (tertiary/aromatic N) is 3. The molecule has 1 aliphatic rings. The molecule has 1 heterocycles. The lowest BCUT2D eigenvalue weighted by Gasteiger charge is -2.27. The predicted molar refractivity (Wildman–Crippen MR) is 82.5 cm³/mol. The van der Waals surface area contributed by atoms with E-state index in [0.29, 0.717) is 6.54 Å². The van der Waals surface area contributed by atoms with Crippen molar-refractivity contribution < 1.29 is 4.79 Å². The van der Waals surface area contributed by atoms with Crippen molar-refractivity contribution in [1.29, 1.82) is 5.26 Å². The summed E-state index contributed by atoms with van der Waals surface area (Å²) < 4.78 is 1.01. The van der Waals surface area contributed by atoms with E-state index in [4.69, 9.17) is 5.26 Å². The molecular weight excluding hydrogens is 318 g/mol. The van der Waals surface area contributed by atoms with E-state index in [9.17, 15) is 4.79 Å². The number of aryl methyl sites for hydroxylation is 1. The SMILES string of the molecule is Cc1cc(Br)ccc1N1CCCN(C)C(CC#N)C1=O. The smallest absolute Gasteiger partial charge is 0.245 e. The maximum atomic E-state index is 12.7. The van der Waals surface area contributed by atoms with Gasteiger partial charge in [-0.05, 0) is 44.2 Å². The van der Waals surface area contributed by atoms with Crippen molar-refractivity contribution in [3.63, 3.8) is 0 Å². The summed E-state index contributed by atoms with van der Waals surface area (Å²) in [5.41, 5.74) is 2.00. The highest BCUT2D eigenvalue weighted by molar-refractivity contribution is 9.10. The fourth-order valence-electron chi connectivity index (χ4n) is 2.60. The number of halogens is 1. The lowest BCUT2D eigenvalue weighted by atomic mass is 10.1. The summed E-state index contributed by atoms with van der Waals surface area (Å²) in [6.45, 7) is 3.54. The van der Waals surface area contributed by atoms with Crippen LogP contribution >= 0.6 is 15.9 Å². The average molecular weight is 336 g/mol. The van der Waals surface area contributed by atoms with Crippen LogP contribution in [0.15, 0.2) is 22.7 Å². The second-order valence-corrected chi connectivity index (χ2v) is 6.05. The van der Waals surface area contributed by atoms with Gasteiger partial charge in [-0.2, -0.15) is 5.26 Å². The molecule has 0 aliphatic carbocycles. The van der Waals surface area contributed by atoms with Gasteiger partial charge in [0.2, 0.25) is 5.91 Å². The minimum absolute atomic E-state index is 0.0250. The van der Waals surface area contributed by atoms with Crippen molar-refractivity contribution in [3.8, 4) is 6.07 Å². The number of rotatable bonds is 2. The molecule has 1 saturated heterocycles. The Labute approximate surface area is 128 Å². The average Bonchev–Trinajstić information content (AvgIpc) is 2.53. The van der Waals surface area contributed by atoms with Crippen LogP contribution in [0.2, 0.25) is 0 Å². The molecule has 0 spiro atoms. The second-order valence-electron chi connectivity index (χ2n) is 5.13. The number of benzene rings is 1. The summed E-state index contributed by atoms with van der Waals surface area (Å²) in [6.07, 6.45) is 1.15. The molecule has 1 atom stereocenters. The molecule has 0 N–H and O–H groups in total. The molecule has 1 amide bonds. The minimum atomic E-state index is -0.342. The third-order valence-corrected chi connectivity index (χ3v) is 4.20. The van der Waals surface area contributed by atoms with Gasteiger partial charge >= 0.3 is 0 Å². The van der Waals surface area contributed by atoms with Crippen LogP contribution in [-0.4, -0.2) is 37.0 Å². The summed E-state index contributed by atoms with van der Waals surface area (Å²) in [5, 5.41) is 8.94. The van der Waals surface area contributed by atoms with Crippen molar-refractivity contribution in [2.75, 3.05) is 25.0 Å². The molecule has 5 heteroatoms.